The van der Waals surface area contributed by atoms with Crippen LogP contribution in [-0.2, 0) is 12.6 Å². The van der Waals surface area contributed by atoms with Crippen molar-refractivity contribution in [1.29, 1.82) is 0 Å². The maximum absolute atomic E-state index is 12.6. The molecule has 1 atom stereocenters. The van der Waals surface area contributed by atoms with Crippen LogP contribution in [0.5, 0.6) is 5.88 Å². The van der Waals surface area contributed by atoms with E-state index in [9.17, 15) is 13.2 Å². The molecule has 0 aliphatic carbocycles. The van der Waals surface area contributed by atoms with Crippen LogP contribution in [0.25, 0.3) is 0 Å². The van der Waals surface area contributed by atoms with Crippen molar-refractivity contribution in [1.82, 2.24) is 15.0 Å². The summed E-state index contributed by atoms with van der Waals surface area (Å²) in [6.07, 6.45) is -1.78. The van der Waals surface area contributed by atoms with Gasteiger partial charge in [-0.1, -0.05) is 30.1 Å². The number of ether oxygens (including phenoxy) is 1. The van der Waals surface area contributed by atoms with Crippen LogP contribution in [0.3, 0.4) is 0 Å². The average molecular weight is 395 g/mol. The maximum atomic E-state index is 12.6. The van der Waals surface area contributed by atoms with Crippen LogP contribution >= 0.6 is 23.2 Å². The first-order valence-corrected chi connectivity index (χ1v) is 8.09. The molecule has 2 aromatic rings. The first-order chi connectivity index (χ1) is 11.7. The molecule has 5 nitrogen and oxygen atoms in total. The zero-order valence-corrected chi connectivity index (χ0v) is 14.9. The molecule has 0 saturated carbocycles. The SMILES string of the molecule is CCc1ncnc(NC(C)COc2ncc(C(F)(F)F)cc2Cl)c1Cl. The lowest BCUT2D eigenvalue weighted by Crippen LogP contribution is -2.25. The third kappa shape index (κ3) is 5.09. The van der Waals surface area contributed by atoms with Gasteiger partial charge in [-0.05, 0) is 19.4 Å². The minimum Gasteiger partial charge on any atom is -0.474 e. The number of alkyl halides is 3. The lowest BCUT2D eigenvalue weighted by atomic mass is 10.3. The number of hydrogen-bond acceptors (Lipinski definition) is 5. The van der Waals surface area contributed by atoms with Crippen LogP contribution in [0, 0.1) is 0 Å². The molecule has 0 saturated heterocycles. The van der Waals surface area contributed by atoms with Gasteiger partial charge in [-0.3, -0.25) is 0 Å². The molecule has 25 heavy (non-hydrogen) atoms. The van der Waals surface area contributed by atoms with Gasteiger partial charge in [0.05, 0.1) is 17.3 Å². The molecule has 0 aromatic carbocycles. The van der Waals surface area contributed by atoms with Crippen molar-refractivity contribution in [2.75, 3.05) is 11.9 Å². The van der Waals surface area contributed by atoms with Gasteiger partial charge in [0.15, 0.2) is 0 Å². The third-order valence-corrected chi connectivity index (χ3v) is 3.85. The molecule has 0 radical (unpaired) electrons. The van der Waals surface area contributed by atoms with Crippen LogP contribution in [-0.4, -0.2) is 27.6 Å². The number of pyridine rings is 1. The minimum atomic E-state index is -4.51. The number of rotatable bonds is 6. The normalized spacial score (nSPS) is 12.8. The lowest BCUT2D eigenvalue weighted by Gasteiger charge is -2.17. The Morgan fingerprint density at radius 1 is 1.24 bits per heavy atom. The lowest BCUT2D eigenvalue weighted by molar-refractivity contribution is -0.137. The molecule has 2 heterocycles. The van der Waals surface area contributed by atoms with E-state index < -0.39 is 11.7 Å². The van der Waals surface area contributed by atoms with Gasteiger partial charge in [0.1, 0.15) is 28.8 Å². The monoisotopic (exact) mass is 394 g/mol. The molecule has 0 aliphatic rings. The van der Waals surface area contributed by atoms with E-state index in [0.717, 1.165) is 6.07 Å². The Hall–Kier alpha value is -1.80. The van der Waals surface area contributed by atoms with Gasteiger partial charge in [-0.2, -0.15) is 13.2 Å². The molecule has 0 spiro atoms. The second-order valence-corrected chi connectivity index (χ2v) is 5.99. The first-order valence-electron chi connectivity index (χ1n) is 7.33. The van der Waals surface area contributed by atoms with E-state index in [1.54, 1.807) is 6.92 Å². The number of halogens is 5. The summed E-state index contributed by atoms with van der Waals surface area (Å²) >= 11 is 12.0. The molecule has 2 aromatic heterocycles. The van der Waals surface area contributed by atoms with Gasteiger partial charge in [-0.15, -0.1) is 0 Å². The average Bonchev–Trinajstić information content (AvgIpc) is 2.54. The fourth-order valence-corrected chi connectivity index (χ4v) is 2.43. The molecule has 1 N–H and O–H groups in total. The van der Waals surface area contributed by atoms with E-state index in [2.05, 4.69) is 20.3 Å². The van der Waals surface area contributed by atoms with Crippen molar-refractivity contribution in [3.63, 3.8) is 0 Å². The van der Waals surface area contributed by atoms with Gasteiger partial charge >= 0.3 is 6.18 Å². The summed E-state index contributed by atoms with van der Waals surface area (Å²) in [6.45, 7) is 3.81. The molecule has 1 unspecified atom stereocenters. The van der Waals surface area contributed by atoms with E-state index >= 15 is 0 Å². The van der Waals surface area contributed by atoms with Crippen LogP contribution in [0.4, 0.5) is 19.0 Å². The van der Waals surface area contributed by atoms with Gasteiger partial charge in [0, 0.05) is 6.20 Å². The number of anilines is 1. The fraction of sp³-hybridized carbons (Fsp3) is 0.400. The largest absolute Gasteiger partial charge is 0.474 e. The van der Waals surface area contributed by atoms with Crippen molar-refractivity contribution in [3.8, 4) is 5.88 Å². The van der Waals surface area contributed by atoms with Crippen LogP contribution in [0.15, 0.2) is 18.6 Å². The number of hydrogen-bond donors (Lipinski definition) is 1. The number of nitrogens with zero attached hydrogens (tertiary/aromatic N) is 3. The van der Waals surface area contributed by atoms with E-state index in [4.69, 9.17) is 27.9 Å². The van der Waals surface area contributed by atoms with Crippen molar-refractivity contribution < 1.29 is 17.9 Å². The first kappa shape index (κ1) is 19.5. The Morgan fingerprint density at radius 2 is 1.96 bits per heavy atom. The van der Waals surface area contributed by atoms with Gasteiger partial charge < -0.3 is 10.1 Å². The highest BCUT2D eigenvalue weighted by Gasteiger charge is 2.31. The topological polar surface area (TPSA) is 59.9 Å². The highest BCUT2D eigenvalue weighted by atomic mass is 35.5. The van der Waals surface area contributed by atoms with Crippen molar-refractivity contribution in [3.05, 3.63) is 39.9 Å². The summed E-state index contributed by atoms with van der Waals surface area (Å²) in [5.41, 5.74) is -0.226. The van der Waals surface area contributed by atoms with Crippen molar-refractivity contribution in [2.24, 2.45) is 0 Å². The highest BCUT2D eigenvalue weighted by molar-refractivity contribution is 6.33. The summed E-state index contributed by atoms with van der Waals surface area (Å²) in [5, 5.41) is 3.26. The van der Waals surface area contributed by atoms with Gasteiger partial charge in [-0.25, -0.2) is 15.0 Å². The van der Waals surface area contributed by atoms with Crippen LogP contribution < -0.4 is 10.1 Å². The second-order valence-electron chi connectivity index (χ2n) is 5.20. The quantitative estimate of drug-likeness (QED) is 0.773. The number of nitrogens with one attached hydrogen (secondary N) is 1. The van der Waals surface area contributed by atoms with Crippen LogP contribution in [0.2, 0.25) is 10.0 Å². The molecule has 10 heteroatoms. The summed E-state index contributed by atoms with van der Waals surface area (Å²) in [4.78, 5) is 11.7. The third-order valence-electron chi connectivity index (χ3n) is 3.18. The zero-order chi connectivity index (χ0) is 18.6. The standard InChI is InChI=1S/C15H15Cl2F3N4O/c1-3-11-12(17)13(23-7-22-11)24-8(2)6-25-14-10(16)4-9(5-21-14)15(18,19)20/h4-5,7-8H,3,6H2,1-2H3,(H,22,23,24). The van der Waals surface area contributed by atoms with Crippen LogP contribution in [0.1, 0.15) is 25.1 Å². The fourth-order valence-electron chi connectivity index (χ4n) is 1.92. The number of aromatic nitrogens is 3. The van der Waals surface area contributed by atoms with E-state index in [0.29, 0.717) is 29.2 Å². The summed E-state index contributed by atoms with van der Waals surface area (Å²) in [7, 11) is 0. The van der Waals surface area contributed by atoms with Crippen molar-refractivity contribution >= 4 is 29.0 Å². The number of aryl methyl sites for hydroxylation is 1. The molecule has 0 bridgehead atoms. The Morgan fingerprint density at radius 3 is 2.56 bits per heavy atom. The predicted molar refractivity (Wildman–Crippen MR) is 89.2 cm³/mol. The molecular formula is C15H15Cl2F3N4O. The summed E-state index contributed by atoms with van der Waals surface area (Å²) in [6, 6.07) is 0.522. The van der Waals surface area contributed by atoms with E-state index in [1.165, 1.54) is 6.33 Å². The Kier molecular flexibility index (Phi) is 6.29. The maximum Gasteiger partial charge on any atom is 0.417 e. The predicted octanol–water partition coefficient (Wildman–Crippen LogP) is 4.64. The van der Waals surface area contributed by atoms with E-state index in [-0.39, 0.29) is 23.6 Å². The smallest absolute Gasteiger partial charge is 0.417 e. The summed E-state index contributed by atoms with van der Waals surface area (Å²) in [5.74, 6) is 0.377. The molecule has 136 valence electrons. The molecular weight excluding hydrogens is 380 g/mol. The van der Waals surface area contributed by atoms with Gasteiger partial charge in [0.2, 0.25) is 5.88 Å². The molecule has 0 fully saturated rings. The summed E-state index contributed by atoms with van der Waals surface area (Å²) < 4.78 is 43.1. The highest BCUT2D eigenvalue weighted by Crippen LogP contribution is 2.33. The Labute approximate surface area is 152 Å². The Bertz CT molecular complexity index is 743. The molecule has 0 aliphatic heterocycles. The minimum absolute atomic E-state index is 0.0775. The Balaban J connectivity index is 2.00. The second kappa shape index (κ2) is 8.05. The van der Waals surface area contributed by atoms with Crippen molar-refractivity contribution in [2.45, 2.75) is 32.5 Å². The molecule has 2 rings (SSSR count). The zero-order valence-electron chi connectivity index (χ0n) is 13.4. The van der Waals surface area contributed by atoms with E-state index in [1.807, 2.05) is 6.92 Å². The van der Waals surface area contributed by atoms with Gasteiger partial charge in [0.25, 0.3) is 0 Å². The molecule has 0 amide bonds.